The number of anilines is 1. The second-order valence-electron chi connectivity index (χ2n) is 6.60. The molecule has 2 aromatic carbocycles. The van der Waals surface area contributed by atoms with Gasteiger partial charge in [0.05, 0.1) is 0 Å². The molecule has 1 amide bonds. The molecule has 6 nitrogen and oxygen atoms in total. The first-order valence-electron chi connectivity index (χ1n) is 9.00. The van der Waals surface area contributed by atoms with Crippen LogP contribution in [0.1, 0.15) is 5.56 Å². The standard InChI is InChI=1S/C22H20N4O2/c1-16-10-12-17(13-11-16)21-23-22(28-24-21)19-9-6-14-26(19)15-20(27)25(2)18-7-4-3-5-8-18/h3-14H,15H2,1-2H3. The van der Waals surface area contributed by atoms with Gasteiger partial charge < -0.3 is 14.0 Å². The molecule has 0 aliphatic rings. The smallest absolute Gasteiger partial charge is 0.274 e. The van der Waals surface area contributed by atoms with Crippen LogP contribution in [0.2, 0.25) is 0 Å². The summed E-state index contributed by atoms with van der Waals surface area (Å²) in [6.07, 6.45) is 1.84. The van der Waals surface area contributed by atoms with Gasteiger partial charge in [0.2, 0.25) is 11.7 Å². The molecule has 0 N–H and O–H groups in total. The number of rotatable bonds is 5. The maximum Gasteiger partial charge on any atom is 0.274 e. The first-order valence-corrected chi connectivity index (χ1v) is 9.00. The Morgan fingerprint density at radius 1 is 1.04 bits per heavy atom. The normalized spacial score (nSPS) is 10.8. The van der Waals surface area contributed by atoms with Crippen LogP contribution in [-0.4, -0.2) is 27.7 Å². The second kappa shape index (κ2) is 7.52. The number of carbonyl (C=O) groups is 1. The highest BCUT2D eigenvalue weighted by molar-refractivity contribution is 5.92. The molecule has 0 aliphatic heterocycles. The third-order valence-electron chi connectivity index (χ3n) is 4.61. The lowest BCUT2D eigenvalue weighted by molar-refractivity contribution is -0.118. The number of amides is 1. The maximum atomic E-state index is 12.7. The lowest BCUT2D eigenvalue weighted by atomic mass is 10.1. The predicted octanol–water partition coefficient (Wildman–Crippen LogP) is 4.18. The van der Waals surface area contributed by atoms with Crippen LogP contribution < -0.4 is 4.90 Å². The summed E-state index contributed by atoms with van der Waals surface area (Å²) in [7, 11) is 1.77. The van der Waals surface area contributed by atoms with Crippen LogP contribution in [0.5, 0.6) is 0 Å². The van der Waals surface area contributed by atoms with Crippen molar-refractivity contribution in [3.05, 3.63) is 78.5 Å². The van der Waals surface area contributed by atoms with E-state index in [2.05, 4.69) is 10.1 Å². The average molecular weight is 372 g/mol. The predicted molar refractivity (Wildman–Crippen MR) is 108 cm³/mol. The van der Waals surface area contributed by atoms with Crippen molar-refractivity contribution >= 4 is 11.6 Å². The van der Waals surface area contributed by atoms with E-state index in [1.165, 1.54) is 5.56 Å². The summed E-state index contributed by atoms with van der Waals surface area (Å²) in [6.45, 7) is 2.21. The first kappa shape index (κ1) is 17.7. The Kier molecular flexibility index (Phi) is 4.76. The van der Waals surface area contributed by atoms with Crippen LogP contribution >= 0.6 is 0 Å². The molecule has 0 fully saturated rings. The minimum absolute atomic E-state index is 0.0399. The second-order valence-corrected chi connectivity index (χ2v) is 6.60. The number of para-hydroxylation sites is 1. The van der Waals surface area contributed by atoms with Crippen molar-refractivity contribution in [1.82, 2.24) is 14.7 Å². The zero-order valence-corrected chi connectivity index (χ0v) is 15.7. The molecule has 0 bridgehead atoms. The Bertz CT molecular complexity index is 1080. The van der Waals surface area contributed by atoms with E-state index in [0.29, 0.717) is 17.4 Å². The van der Waals surface area contributed by atoms with Crippen LogP contribution in [0.15, 0.2) is 77.4 Å². The number of hydrogen-bond acceptors (Lipinski definition) is 4. The van der Waals surface area contributed by atoms with Gasteiger partial charge in [0.15, 0.2) is 0 Å². The van der Waals surface area contributed by atoms with Crippen molar-refractivity contribution < 1.29 is 9.32 Å². The van der Waals surface area contributed by atoms with E-state index < -0.39 is 0 Å². The highest BCUT2D eigenvalue weighted by Gasteiger charge is 2.17. The van der Waals surface area contributed by atoms with Gasteiger partial charge in [-0.3, -0.25) is 4.79 Å². The van der Waals surface area contributed by atoms with E-state index in [1.54, 1.807) is 11.9 Å². The summed E-state index contributed by atoms with van der Waals surface area (Å²) in [4.78, 5) is 18.8. The van der Waals surface area contributed by atoms with Crippen molar-refractivity contribution in [1.29, 1.82) is 0 Å². The van der Waals surface area contributed by atoms with Crippen molar-refractivity contribution in [2.24, 2.45) is 0 Å². The Morgan fingerprint density at radius 2 is 1.79 bits per heavy atom. The van der Waals surface area contributed by atoms with Gasteiger partial charge in [0.25, 0.3) is 5.89 Å². The van der Waals surface area contributed by atoms with Gasteiger partial charge >= 0.3 is 0 Å². The number of aryl methyl sites for hydroxylation is 1. The average Bonchev–Trinajstić information content (AvgIpc) is 3.38. The summed E-state index contributed by atoms with van der Waals surface area (Å²) in [5.74, 6) is 0.869. The van der Waals surface area contributed by atoms with Gasteiger partial charge in [-0.05, 0) is 31.2 Å². The molecule has 4 aromatic rings. The number of aromatic nitrogens is 3. The molecule has 2 heterocycles. The van der Waals surface area contributed by atoms with E-state index in [1.807, 2.05) is 84.4 Å². The molecule has 140 valence electrons. The van der Waals surface area contributed by atoms with E-state index >= 15 is 0 Å². The number of likely N-dealkylation sites (N-methyl/N-ethyl adjacent to an activating group) is 1. The van der Waals surface area contributed by atoms with Crippen LogP contribution in [0.4, 0.5) is 5.69 Å². The quantitative estimate of drug-likeness (QED) is 0.527. The minimum Gasteiger partial charge on any atom is -0.334 e. The van der Waals surface area contributed by atoms with Crippen LogP contribution in [0, 0.1) is 6.92 Å². The van der Waals surface area contributed by atoms with Gasteiger partial charge in [-0.25, -0.2) is 0 Å². The molecule has 4 rings (SSSR count). The first-order chi connectivity index (χ1) is 13.6. The van der Waals surface area contributed by atoms with Crippen molar-refractivity contribution in [2.75, 3.05) is 11.9 Å². The molecule has 0 radical (unpaired) electrons. The number of carbonyl (C=O) groups excluding carboxylic acids is 1. The molecule has 0 atom stereocenters. The molecule has 0 saturated heterocycles. The van der Waals surface area contributed by atoms with Gasteiger partial charge in [-0.1, -0.05) is 53.2 Å². The van der Waals surface area contributed by atoms with Crippen molar-refractivity contribution in [2.45, 2.75) is 13.5 Å². The van der Waals surface area contributed by atoms with Crippen LogP contribution in [0.3, 0.4) is 0 Å². The van der Waals surface area contributed by atoms with Crippen molar-refractivity contribution in [3.63, 3.8) is 0 Å². The molecular formula is C22H20N4O2. The summed E-state index contributed by atoms with van der Waals surface area (Å²) in [5, 5.41) is 4.08. The fourth-order valence-electron chi connectivity index (χ4n) is 2.94. The summed E-state index contributed by atoms with van der Waals surface area (Å²) in [6, 6.07) is 21.2. The molecular weight excluding hydrogens is 352 g/mol. The zero-order chi connectivity index (χ0) is 19.5. The van der Waals surface area contributed by atoms with Crippen molar-refractivity contribution in [3.8, 4) is 23.0 Å². The summed E-state index contributed by atoms with van der Waals surface area (Å²) >= 11 is 0. The Hall–Kier alpha value is -3.67. The zero-order valence-electron chi connectivity index (χ0n) is 15.7. The fourth-order valence-corrected chi connectivity index (χ4v) is 2.94. The topological polar surface area (TPSA) is 64.2 Å². The number of benzene rings is 2. The van der Waals surface area contributed by atoms with Gasteiger partial charge in [0.1, 0.15) is 12.2 Å². The number of hydrogen-bond donors (Lipinski definition) is 0. The Labute approximate surface area is 163 Å². The molecule has 0 aliphatic carbocycles. The van der Waals surface area contributed by atoms with Crippen LogP contribution in [-0.2, 0) is 11.3 Å². The Balaban J connectivity index is 1.55. The van der Waals surface area contributed by atoms with E-state index in [0.717, 1.165) is 11.3 Å². The minimum atomic E-state index is -0.0399. The van der Waals surface area contributed by atoms with E-state index in [9.17, 15) is 4.79 Å². The molecule has 28 heavy (non-hydrogen) atoms. The third-order valence-corrected chi connectivity index (χ3v) is 4.61. The lowest BCUT2D eigenvalue weighted by Gasteiger charge is -2.18. The molecule has 6 heteroatoms. The number of nitrogens with zero attached hydrogens (tertiary/aromatic N) is 4. The van der Waals surface area contributed by atoms with E-state index in [-0.39, 0.29) is 12.5 Å². The molecule has 0 saturated carbocycles. The largest absolute Gasteiger partial charge is 0.334 e. The monoisotopic (exact) mass is 372 g/mol. The molecule has 0 unspecified atom stereocenters. The highest BCUT2D eigenvalue weighted by Crippen LogP contribution is 2.23. The summed E-state index contributed by atoms with van der Waals surface area (Å²) in [5.41, 5.74) is 3.61. The van der Waals surface area contributed by atoms with Gasteiger partial charge in [0, 0.05) is 24.5 Å². The SMILES string of the molecule is Cc1ccc(-c2noc(-c3cccn3CC(=O)N(C)c3ccccc3)n2)cc1. The van der Waals surface area contributed by atoms with Crippen LogP contribution in [0.25, 0.3) is 23.0 Å². The lowest BCUT2D eigenvalue weighted by Crippen LogP contribution is -2.29. The molecule has 0 spiro atoms. The Morgan fingerprint density at radius 3 is 2.54 bits per heavy atom. The molecule has 2 aromatic heterocycles. The highest BCUT2D eigenvalue weighted by atomic mass is 16.5. The van der Waals surface area contributed by atoms with E-state index in [4.69, 9.17) is 4.52 Å². The third kappa shape index (κ3) is 3.57. The fraction of sp³-hybridized carbons (Fsp3) is 0.136. The van der Waals surface area contributed by atoms with Gasteiger partial charge in [-0.2, -0.15) is 4.98 Å². The summed E-state index contributed by atoms with van der Waals surface area (Å²) < 4.78 is 7.27. The maximum absolute atomic E-state index is 12.7. The van der Waals surface area contributed by atoms with Gasteiger partial charge in [-0.15, -0.1) is 0 Å².